The van der Waals surface area contributed by atoms with Gasteiger partial charge in [-0.1, -0.05) is 11.8 Å². The molecule has 1 amide bonds. The second kappa shape index (κ2) is 7.38. The molecular formula is C11H15F2NO3S. The Labute approximate surface area is 108 Å². The van der Waals surface area contributed by atoms with Gasteiger partial charge in [-0.3, -0.25) is 4.79 Å². The third-order valence-electron chi connectivity index (χ3n) is 2.18. The minimum atomic E-state index is -2.46. The van der Waals surface area contributed by atoms with Crippen LogP contribution < -0.4 is 5.32 Å². The van der Waals surface area contributed by atoms with E-state index in [-0.39, 0.29) is 24.2 Å². The van der Waals surface area contributed by atoms with Crippen molar-refractivity contribution in [3.05, 3.63) is 23.7 Å². The number of amides is 1. The first-order valence-electron chi connectivity index (χ1n) is 5.43. The number of furan rings is 1. The van der Waals surface area contributed by atoms with Crippen molar-refractivity contribution in [2.24, 2.45) is 0 Å². The molecule has 7 heteroatoms. The molecule has 1 rings (SSSR count). The van der Waals surface area contributed by atoms with E-state index in [4.69, 9.17) is 9.52 Å². The first-order chi connectivity index (χ1) is 8.52. The zero-order valence-electron chi connectivity index (χ0n) is 9.86. The topological polar surface area (TPSA) is 62.5 Å². The minimum absolute atomic E-state index is 0.0180. The molecule has 1 heterocycles. The largest absolute Gasteiger partial charge is 0.455 e. The van der Waals surface area contributed by atoms with Crippen molar-refractivity contribution in [3.8, 4) is 0 Å². The fourth-order valence-electron chi connectivity index (χ4n) is 1.28. The highest BCUT2D eigenvalue weighted by molar-refractivity contribution is 7.98. The molecule has 102 valence electrons. The van der Waals surface area contributed by atoms with Gasteiger partial charge >= 0.3 is 0 Å². The van der Waals surface area contributed by atoms with Crippen LogP contribution in [0.4, 0.5) is 8.78 Å². The van der Waals surface area contributed by atoms with E-state index in [2.05, 4.69) is 5.32 Å². The van der Waals surface area contributed by atoms with Crippen molar-refractivity contribution >= 4 is 17.7 Å². The second-order valence-corrected chi connectivity index (χ2v) is 4.70. The molecule has 18 heavy (non-hydrogen) atoms. The summed E-state index contributed by atoms with van der Waals surface area (Å²) in [6, 6.07) is 2.77. The molecule has 1 aromatic rings. The van der Waals surface area contributed by atoms with E-state index >= 15 is 0 Å². The Morgan fingerprint density at radius 3 is 2.89 bits per heavy atom. The van der Waals surface area contributed by atoms with Crippen LogP contribution in [0.15, 0.2) is 16.5 Å². The normalized spacial score (nSPS) is 12.7. The first-order valence-corrected chi connectivity index (χ1v) is 6.48. The fraction of sp³-hybridized carbons (Fsp3) is 0.545. The van der Waals surface area contributed by atoms with E-state index in [1.165, 1.54) is 12.1 Å². The smallest absolute Gasteiger partial charge is 0.287 e. The lowest BCUT2D eigenvalue weighted by molar-refractivity contribution is 0.0905. The maximum Gasteiger partial charge on any atom is 0.287 e. The van der Waals surface area contributed by atoms with Gasteiger partial charge in [-0.25, -0.2) is 0 Å². The van der Waals surface area contributed by atoms with Crippen LogP contribution in [0.5, 0.6) is 0 Å². The quantitative estimate of drug-likeness (QED) is 0.803. The molecule has 0 spiro atoms. The zero-order valence-corrected chi connectivity index (χ0v) is 10.7. The summed E-state index contributed by atoms with van der Waals surface area (Å²) in [6.45, 7) is 1.74. The van der Waals surface area contributed by atoms with Crippen LogP contribution in [0.3, 0.4) is 0 Å². The Kier molecular flexibility index (Phi) is 6.14. The third-order valence-corrected chi connectivity index (χ3v) is 2.88. The van der Waals surface area contributed by atoms with E-state index in [1.807, 2.05) is 0 Å². The monoisotopic (exact) mass is 279 g/mol. The molecule has 4 nitrogen and oxygen atoms in total. The number of hydrogen-bond donors (Lipinski definition) is 2. The number of rotatable bonds is 7. The number of aliphatic hydroxyl groups excluding tert-OH is 1. The number of carbonyl (C=O) groups is 1. The molecule has 0 bridgehead atoms. The molecule has 1 unspecified atom stereocenters. The Morgan fingerprint density at radius 2 is 2.28 bits per heavy atom. The van der Waals surface area contributed by atoms with Gasteiger partial charge in [-0.15, -0.1) is 0 Å². The minimum Gasteiger partial charge on any atom is -0.455 e. The van der Waals surface area contributed by atoms with Crippen molar-refractivity contribution in [2.45, 2.75) is 30.9 Å². The van der Waals surface area contributed by atoms with Crippen molar-refractivity contribution in [1.82, 2.24) is 5.32 Å². The predicted octanol–water partition coefficient (Wildman–Crippen LogP) is 2.24. The summed E-state index contributed by atoms with van der Waals surface area (Å²) in [5, 5.41) is 11.3. The lowest BCUT2D eigenvalue weighted by Gasteiger charge is -2.10. The van der Waals surface area contributed by atoms with E-state index in [9.17, 15) is 13.6 Å². The highest BCUT2D eigenvalue weighted by Gasteiger charge is 2.14. The van der Waals surface area contributed by atoms with Gasteiger partial charge in [0.15, 0.2) is 5.76 Å². The van der Waals surface area contributed by atoms with E-state index in [1.54, 1.807) is 6.92 Å². The standard InChI is InChI=1S/C11H15F2NO3S/c1-7(4-5-15)14-10(16)9-3-2-8(17-9)6-18-11(12)13/h2-3,7,11,15H,4-6H2,1H3,(H,14,16). The predicted molar refractivity (Wildman–Crippen MR) is 64.6 cm³/mol. The maximum absolute atomic E-state index is 12.0. The Morgan fingerprint density at radius 1 is 1.56 bits per heavy atom. The number of aliphatic hydroxyl groups is 1. The van der Waals surface area contributed by atoms with Gasteiger partial charge in [0.05, 0.1) is 5.75 Å². The lowest BCUT2D eigenvalue weighted by Crippen LogP contribution is -2.32. The van der Waals surface area contributed by atoms with Crippen LogP contribution in [0.2, 0.25) is 0 Å². The molecular weight excluding hydrogens is 264 g/mol. The average molecular weight is 279 g/mol. The third kappa shape index (κ3) is 5.05. The van der Waals surface area contributed by atoms with Gasteiger partial charge in [0.2, 0.25) is 0 Å². The molecule has 0 radical (unpaired) electrons. The summed E-state index contributed by atoms with van der Waals surface area (Å²) < 4.78 is 29.1. The van der Waals surface area contributed by atoms with Crippen LogP contribution in [0, 0.1) is 0 Å². The van der Waals surface area contributed by atoms with Crippen molar-refractivity contribution in [3.63, 3.8) is 0 Å². The molecule has 0 aromatic carbocycles. The van der Waals surface area contributed by atoms with Crippen LogP contribution >= 0.6 is 11.8 Å². The zero-order chi connectivity index (χ0) is 13.5. The highest BCUT2D eigenvalue weighted by atomic mass is 32.2. The molecule has 2 N–H and O–H groups in total. The maximum atomic E-state index is 12.0. The summed E-state index contributed by atoms with van der Waals surface area (Å²) in [5.41, 5.74) is 0. The van der Waals surface area contributed by atoms with E-state index in [0.29, 0.717) is 23.9 Å². The van der Waals surface area contributed by atoms with E-state index in [0.717, 1.165) is 0 Å². The average Bonchev–Trinajstić information content (AvgIpc) is 2.75. The van der Waals surface area contributed by atoms with E-state index < -0.39 is 11.7 Å². The Bertz CT molecular complexity index is 384. The summed E-state index contributed by atoms with van der Waals surface area (Å²) in [4.78, 5) is 11.6. The van der Waals surface area contributed by atoms with Crippen molar-refractivity contribution in [2.75, 3.05) is 6.61 Å². The van der Waals surface area contributed by atoms with Gasteiger partial charge in [0.25, 0.3) is 11.7 Å². The molecule has 0 aliphatic heterocycles. The van der Waals surface area contributed by atoms with Gasteiger partial charge in [0, 0.05) is 12.6 Å². The van der Waals surface area contributed by atoms with Gasteiger partial charge in [-0.05, 0) is 25.5 Å². The van der Waals surface area contributed by atoms with Gasteiger partial charge in [0.1, 0.15) is 5.76 Å². The number of nitrogens with one attached hydrogen (secondary N) is 1. The van der Waals surface area contributed by atoms with Crippen LogP contribution in [-0.4, -0.2) is 29.4 Å². The number of carbonyl (C=O) groups excluding carboxylic acids is 1. The summed E-state index contributed by atoms with van der Waals surface area (Å²) in [5.74, 6) is -2.43. The van der Waals surface area contributed by atoms with Crippen molar-refractivity contribution in [1.29, 1.82) is 0 Å². The summed E-state index contributed by atoms with van der Waals surface area (Å²) in [7, 11) is 0. The highest BCUT2D eigenvalue weighted by Crippen LogP contribution is 2.21. The van der Waals surface area contributed by atoms with Crippen LogP contribution in [0.1, 0.15) is 29.7 Å². The molecule has 1 aromatic heterocycles. The summed E-state index contributed by atoms with van der Waals surface area (Å²) >= 11 is 0.440. The number of thioether (sulfide) groups is 1. The van der Waals surface area contributed by atoms with Crippen LogP contribution in [0.25, 0.3) is 0 Å². The lowest BCUT2D eigenvalue weighted by atomic mass is 10.2. The number of halogens is 2. The molecule has 0 fully saturated rings. The molecule has 0 aliphatic rings. The first kappa shape index (κ1) is 15.0. The molecule has 0 saturated heterocycles. The number of alkyl halides is 2. The van der Waals surface area contributed by atoms with Crippen molar-refractivity contribution < 1.29 is 23.1 Å². The van der Waals surface area contributed by atoms with Crippen LogP contribution in [-0.2, 0) is 5.75 Å². The molecule has 0 saturated carbocycles. The SMILES string of the molecule is CC(CCO)NC(=O)c1ccc(CSC(F)F)o1. The van der Waals surface area contributed by atoms with Gasteiger partial charge < -0.3 is 14.8 Å². The Hall–Kier alpha value is -1.08. The van der Waals surface area contributed by atoms with Gasteiger partial charge in [-0.2, -0.15) is 8.78 Å². The molecule has 1 atom stereocenters. The Balaban J connectivity index is 2.49. The number of hydrogen-bond acceptors (Lipinski definition) is 4. The second-order valence-electron chi connectivity index (χ2n) is 3.72. The fourth-order valence-corrected chi connectivity index (χ4v) is 1.73. The summed E-state index contributed by atoms with van der Waals surface area (Å²) in [6.07, 6.45) is 0.445. The molecule has 0 aliphatic carbocycles.